The SMILES string of the molecule is COc1ccccc1C1=C(N2CCc3ccccc3C2)C(=O)N(c2cccc(Cl)c2C)C1=O. The van der Waals surface area contributed by atoms with Crippen LogP contribution in [0, 0.1) is 6.92 Å². The van der Waals surface area contributed by atoms with Crippen LogP contribution in [-0.4, -0.2) is 30.4 Å². The van der Waals surface area contributed by atoms with Crippen molar-refractivity contribution in [3.63, 3.8) is 0 Å². The van der Waals surface area contributed by atoms with Crippen LogP contribution in [0.1, 0.15) is 22.3 Å². The Morgan fingerprint density at radius 2 is 1.61 bits per heavy atom. The molecular formula is C27H23ClN2O3. The van der Waals surface area contributed by atoms with Gasteiger partial charge in [0, 0.05) is 23.7 Å². The summed E-state index contributed by atoms with van der Waals surface area (Å²) in [6.07, 6.45) is 0.802. The zero-order valence-corrected chi connectivity index (χ0v) is 19.2. The summed E-state index contributed by atoms with van der Waals surface area (Å²) in [4.78, 5) is 31.0. The molecule has 5 rings (SSSR count). The van der Waals surface area contributed by atoms with E-state index in [0.717, 1.165) is 12.0 Å². The van der Waals surface area contributed by atoms with Crippen molar-refractivity contribution in [2.45, 2.75) is 19.9 Å². The fourth-order valence-electron chi connectivity index (χ4n) is 4.65. The summed E-state index contributed by atoms with van der Waals surface area (Å²) in [5, 5.41) is 0.507. The number of halogens is 1. The van der Waals surface area contributed by atoms with Crippen molar-refractivity contribution in [3.05, 3.63) is 99.7 Å². The molecule has 6 heteroatoms. The third kappa shape index (κ3) is 3.49. The first kappa shape index (κ1) is 21.3. The van der Waals surface area contributed by atoms with E-state index in [4.69, 9.17) is 16.3 Å². The van der Waals surface area contributed by atoms with Crippen molar-refractivity contribution in [1.82, 2.24) is 4.90 Å². The molecule has 166 valence electrons. The Balaban J connectivity index is 1.68. The lowest BCUT2D eigenvalue weighted by Crippen LogP contribution is -2.37. The second-order valence-electron chi connectivity index (χ2n) is 8.19. The average Bonchev–Trinajstić information content (AvgIpc) is 3.10. The minimum Gasteiger partial charge on any atom is -0.496 e. The van der Waals surface area contributed by atoms with E-state index in [2.05, 4.69) is 12.1 Å². The maximum atomic E-state index is 13.9. The van der Waals surface area contributed by atoms with Gasteiger partial charge in [-0.05, 0) is 48.2 Å². The molecule has 0 aromatic heterocycles. The van der Waals surface area contributed by atoms with Crippen molar-refractivity contribution in [1.29, 1.82) is 0 Å². The summed E-state index contributed by atoms with van der Waals surface area (Å²) in [6.45, 7) is 3.02. The third-order valence-corrected chi connectivity index (χ3v) is 6.77. The van der Waals surface area contributed by atoms with Gasteiger partial charge in [0.15, 0.2) is 0 Å². The van der Waals surface area contributed by atoms with Crippen LogP contribution in [0.15, 0.2) is 72.4 Å². The van der Waals surface area contributed by atoms with Crippen molar-refractivity contribution in [3.8, 4) is 5.75 Å². The van der Waals surface area contributed by atoms with E-state index in [1.54, 1.807) is 31.4 Å². The molecule has 0 unspecified atom stereocenters. The minimum absolute atomic E-state index is 0.342. The van der Waals surface area contributed by atoms with Crippen LogP contribution in [0.25, 0.3) is 5.57 Å². The van der Waals surface area contributed by atoms with E-state index < -0.39 is 0 Å². The molecule has 0 atom stereocenters. The summed E-state index contributed by atoms with van der Waals surface area (Å²) in [6, 6.07) is 20.8. The van der Waals surface area contributed by atoms with Crippen LogP contribution < -0.4 is 9.64 Å². The first-order chi connectivity index (χ1) is 16.0. The van der Waals surface area contributed by atoms with Crippen molar-refractivity contribution in [2.24, 2.45) is 0 Å². The van der Waals surface area contributed by atoms with Gasteiger partial charge in [-0.25, -0.2) is 4.90 Å². The smallest absolute Gasteiger partial charge is 0.282 e. The third-order valence-electron chi connectivity index (χ3n) is 6.36. The molecular weight excluding hydrogens is 436 g/mol. The Kier molecular flexibility index (Phi) is 5.43. The molecule has 2 heterocycles. The molecule has 0 radical (unpaired) electrons. The Hall–Kier alpha value is -3.57. The van der Waals surface area contributed by atoms with Gasteiger partial charge in [-0.3, -0.25) is 9.59 Å². The second kappa shape index (κ2) is 8.41. The number of hydrogen-bond donors (Lipinski definition) is 0. The van der Waals surface area contributed by atoms with Gasteiger partial charge >= 0.3 is 0 Å². The highest BCUT2D eigenvalue weighted by atomic mass is 35.5. The van der Waals surface area contributed by atoms with E-state index in [9.17, 15) is 9.59 Å². The fourth-order valence-corrected chi connectivity index (χ4v) is 4.82. The van der Waals surface area contributed by atoms with Crippen LogP contribution in [0.2, 0.25) is 5.02 Å². The molecule has 0 saturated carbocycles. The number of hydrogen-bond acceptors (Lipinski definition) is 4. The van der Waals surface area contributed by atoms with E-state index >= 15 is 0 Å². The van der Waals surface area contributed by atoms with Crippen LogP contribution >= 0.6 is 11.6 Å². The Morgan fingerprint density at radius 1 is 0.879 bits per heavy atom. The Labute approximate surface area is 197 Å². The lowest BCUT2D eigenvalue weighted by Gasteiger charge is -2.31. The molecule has 0 aliphatic carbocycles. The zero-order chi connectivity index (χ0) is 23.1. The maximum Gasteiger partial charge on any atom is 0.282 e. The molecule has 3 aromatic carbocycles. The molecule has 0 spiro atoms. The lowest BCUT2D eigenvalue weighted by molar-refractivity contribution is -0.120. The molecule has 3 aromatic rings. The maximum absolute atomic E-state index is 13.9. The van der Waals surface area contributed by atoms with Crippen LogP contribution in [-0.2, 0) is 22.6 Å². The monoisotopic (exact) mass is 458 g/mol. The van der Waals surface area contributed by atoms with Gasteiger partial charge in [0.1, 0.15) is 11.4 Å². The van der Waals surface area contributed by atoms with E-state index in [1.165, 1.54) is 10.5 Å². The van der Waals surface area contributed by atoms with Gasteiger partial charge in [0.25, 0.3) is 11.8 Å². The van der Waals surface area contributed by atoms with Gasteiger partial charge in [-0.1, -0.05) is 60.1 Å². The highest BCUT2D eigenvalue weighted by Gasteiger charge is 2.44. The first-order valence-electron chi connectivity index (χ1n) is 10.8. The number of carbonyl (C=O) groups is 2. The Bertz CT molecular complexity index is 1310. The zero-order valence-electron chi connectivity index (χ0n) is 18.5. The number of ether oxygens (including phenoxy) is 1. The predicted molar refractivity (Wildman–Crippen MR) is 129 cm³/mol. The highest BCUT2D eigenvalue weighted by Crippen LogP contribution is 2.41. The predicted octanol–water partition coefficient (Wildman–Crippen LogP) is 5.00. The molecule has 5 nitrogen and oxygen atoms in total. The van der Waals surface area contributed by atoms with Crippen molar-refractivity contribution < 1.29 is 14.3 Å². The summed E-state index contributed by atoms with van der Waals surface area (Å²) in [7, 11) is 1.57. The average molecular weight is 459 g/mol. The van der Waals surface area contributed by atoms with Crippen molar-refractivity contribution >= 4 is 34.7 Å². The first-order valence-corrected chi connectivity index (χ1v) is 11.2. The number of nitrogens with zero attached hydrogens (tertiary/aromatic N) is 2. The number of rotatable bonds is 4. The number of anilines is 1. The summed E-state index contributed by atoms with van der Waals surface area (Å²) >= 11 is 6.34. The highest BCUT2D eigenvalue weighted by molar-refractivity contribution is 6.46. The number of imide groups is 1. The molecule has 0 N–H and O–H groups in total. The van der Waals surface area contributed by atoms with Gasteiger partial charge in [-0.15, -0.1) is 0 Å². The summed E-state index contributed by atoms with van der Waals surface area (Å²) in [5.74, 6) is -0.164. The van der Waals surface area contributed by atoms with Crippen LogP contribution in [0.5, 0.6) is 5.75 Å². The molecule has 33 heavy (non-hydrogen) atoms. The Morgan fingerprint density at radius 3 is 2.39 bits per heavy atom. The van der Waals surface area contributed by atoms with Gasteiger partial charge in [-0.2, -0.15) is 0 Å². The topological polar surface area (TPSA) is 49.9 Å². The van der Waals surface area contributed by atoms with E-state index in [-0.39, 0.29) is 11.8 Å². The number of fused-ring (bicyclic) bond motifs is 1. The molecule has 0 fully saturated rings. The summed E-state index contributed by atoms with van der Waals surface area (Å²) in [5.41, 5.74) is 4.98. The summed E-state index contributed by atoms with van der Waals surface area (Å²) < 4.78 is 5.56. The fraction of sp³-hybridized carbons (Fsp3) is 0.185. The largest absolute Gasteiger partial charge is 0.496 e. The normalized spacial score (nSPS) is 15.8. The minimum atomic E-state index is -0.372. The van der Waals surface area contributed by atoms with Crippen molar-refractivity contribution in [2.75, 3.05) is 18.6 Å². The van der Waals surface area contributed by atoms with Gasteiger partial charge < -0.3 is 9.64 Å². The number of benzene rings is 3. The number of methoxy groups -OCH3 is 1. The lowest BCUT2D eigenvalue weighted by atomic mass is 9.97. The van der Waals surface area contributed by atoms with Gasteiger partial charge in [0.05, 0.1) is 18.4 Å². The van der Waals surface area contributed by atoms with Gasteiger partial charge in [0.2, 0.25) is 0 Å². The molecule has 2 aliphatic rings. The molecule has 0 bridgehead atoms. The molecule has 2 amide bonds. The number of carbonyl (C=O) groups excluding carboxylic acids is 2. The second-order valence-corrected chi connectivity index (χ2v) is 8.60. The quantitative estimate of drug-likeness (QED) is 0.516. The number of para-hydroxylation sites is 1. The molecule has 0 saturated heterocycles. The number of amides is 2. The van der Waals surface area contributed by atoms with Crippen LogP contribution in [0.3, 0.4) is 0 Å². The standard InChI is InChI=1S/C27H23ClN2O3/c1-17-21(28)11-7-12-22(17)30-26(31)24(20-10-5-6-13-23(20)33-2)25(27(30)32)29-15-14-18-8-3-4-9-19(18)16-29/h3-13H,14-16H2,1-2H3. The molecule has 2 aliphatic heterocycles. The van der Waals surface area contributed by atoms with E-state index in [0.29, 0.717) is 51.9 Å². The van der Waals surface area contributed by atoms with Crippen LogP contribution in [0.4, 0.5) is 5.69 Å². The van der Waals surface area contributed by atoms with E-state index in [1.807, 2.05) is 42.2 Å².